The minimum Gasteiger partial charge on any atom is -0.494 e. The molecule has 0 spiro atoms. The Morgan fingerprint density at radius 3 is 2.86 bits per heavy atom. The fourth-order valence-corrected chi connectivity index (χ4v) is 2.84. The molecule has 0 bridgehead atoms. The number of amides is 1. The molecular weight excluding hydrogens is 295 g/mol. The predicted molar refractivity (Wildman–Crippen MR) is 78.2 cm³/mol. The van der Waals surface area contributed by atoms with Gasteiger partial charge in [0, 0.05) is 18.8 Å². The highest BCUT2D eigenvalue weighted by atomic mass is 32.2. The molecule has 6 nitrogen and oxygen atoms in total. The molecule has 0 unspecified atom stereocenters. The smallest absolute Gasteiger partial charge is 0.251 e. The van der Waals surface area contributed by atoms with Crippen molar-refractivity contribution in [1.82, 2.24) is 14.3 Å². The summed E-state index contributed by atoms with van der Waals surface area (Å²) in [6.07, 6.45) is 3.34. The molecule has 1 aliphatic heterocycles. The van der Waals surface area contributed by atoms with Gasteiger partial charge in [0.05, 0.1) is 31.3 Å². The van der Waals surface area contributed by atoms with Crippen LogP contribution in [-0.4, -0.2) is 29.1 Å². The maximum Gasteiger partial charge on any atom is 0.251 e. The number of imidazole rings is 1. The van der Waals surface area contributed by atoms with Gasteiger partial charge in [-0.2, -0.15) is 0 Å². The summed E-state index contributed by atoms with van der Waals surface area (Å²) in [4.78, 5) is 15.5. The van der Waals surface area contributed by atoms with Gasteiger partial charge in [-0.05, 0) is 12.1 Å². The fourth-order valence-electron chi connectivity index (χ4n) is 2.12. The first-order chi connectivity index (χ1) is 10.1. The van der Waals surface area contributed by atoms with Gasteiger partial charge in [-0.3, -0.25) is 13.8 Å². The van der Waals surface area contributed by atoms with Crippen LogP contribution < -0.4 is 13.8 Å². The number of aryl methyl sites for hydroxylation is 1. The second kappa shape index (κ2) is 5.28. The van der Waals surface area contributed by atoms with E-state index in [4.69, 9.17) is 4.74 Å². The van der Waals surface area contributed by atoms with Crippen molar-refractivity contribution in [1.29, 1.82) is 0 Å². The van der Waals surface area contributed by atoms with Gasteiger partial charge in [0.1, 0.15) is 18.0 Å². The zero-order chi connectivity index (χ0) is 15.0. The molecule has 0 atom stereocenters. The van der Waals surface area contributed by atoms with Crippen molar-refractivity contribution in [2.75, 3.05) is 18.0 Å². The first-order valence-corrected chi connectivity index (χ1v) is 6.95. The van der Waals surface area contributed by atoms with Crippen LogP contribution in [0.2, 0.25) is 0 Å². The summed E-state index contributed by atoms with van der Waals surface area (Å²) in [5, 5.41) is 0. The average Bonchev–Trinajstić information content (AvgIpc) is 3.07. The zero-order valence-corrected chi connectivity index (χ0v) is 12.3. The molecule has 21 heavy (non-hydrogen) atoms. The Kier molecular flexibility index (Phi) is 3.46. The van der Waals surface area contributed by atoms with Crippen molar-refractivity contribution < 1.29 is 13.9 Å². The normalized spacial score (nSPS) is 14.4. The molecule has 1 aromatic carbocycles. The predicted octanol–water partition coefficient (Wildman–Crippen LogP) is 1.73. The number of carbonyl (C=O) groups is 1. The Morgan fingerprint density at radius 1 is 1.48 bits per heavy atom. The summed E-state index contributed by atoms with van der Waals surface area (Å²) in [5.41, 5.74) is 1.14. The summed E-state index contributed by atoms with van der Waals surface area (Å²) in [7, 11) is 3.28. The number of anilines is 1. The van der Waals surface area contributed by atoms with Gasteiger partial charge in [-0.1, -0.05) is 0 Å². The number of aromatic nitrogens is 2. The molecule has 0 radical (unpaired) electrons. The first-order valence-electron chi connectivity index (χ1n) is 6.18. The molecular formula is C13H13FN4O2S. The minimum atomic E-state index is -0.461. The van der Waals surface area contributed by atoms with Crippen LogP contribution in [-0.2, 0) is 11.8 Å². The van der Waals surface area contributed by atoms with E-state index in [0.29, 0.717) is 17.0 Å². The summed E-state index contributed by atoms with van der Waals surface area (Å²) < 4.78 is 25.9. The lowest BCUT2D eigenvalue weighted by Gasteiger charge is -2.19. The summed E-state index contributed by atoms with van der Waals surface area (Å²) in [6.45, 7) is 0.0730. The van der Waals surface area contributed by atoms with Crippen LogP contribution in [0.3, 0.4) is 0 Å². The van der Waals surface area contributed by atoms with E-state index in [1.807, 2.05) is 7.05 Å². The number of hydrogen-bond donors (Lipinski definition) is 1. The van der Waals surface area contributed by atoms with Crippen LogP contribution in [0.5, 0.6) is 5.75 Å². The number of hydrogen-bond acceptors (Lipinski definition) is 5. The van der Waals surface area contributed by atoms with Crippen LogP contribution in [0.25, 0.3) is 11.3 Å². The monoisotopic (exact) mass is 308 g/mol. The van der Waals surface area contributed by atoms with Gasteiger partial charge >= 0.3 is 0 Å². The van der Waals surface area contributed by atoms with Gasteiger partial charge in [-0.25, -0.2) is 9.37 Å². The summed E-state index contributed by atoms with van der Waals surface area (Å²) >= 11 is 1.04. The molecule has 1 aromatic heterocycles. The number of halogens is 1. The van der Waals surface area contributed by atoms with Crippen LogP contribution in [0.4, 0.5) is 10.1 Å². The van der Waals surface area contributed by atoms with E-state index in [9.17, 15) is 9.18 Å². The molecule has 2 heterocycles. The van der Waals surface area contributed by atoms with E-state index >= 15 is 0 Å². The average molecular weight is 308 g/mol. The van der Waals surface area contributed by atoms with Crippen LogP contribution in [0, 0.1) is 5.82 Å². The second-order valence-electron chi connectivity index (χ2n) is 4.56. The van der Waals surface area contributed by atoms with Gasteiger partial charge in [0.2, 0.25) is 0 Å². The Labute approximate surface area is 125 Å². The SMILES string of the molecule is COc1ccc(-c2cn(C)cn2)c(F)c1N1CC(=O)NS1. The van der Waals surface area contributed by atoms with E-state index < -0.39 is 5.82 Å². The lowest BCUT2D eigenvalue weighted by molar-refractivity contribution is -0.117. The molecule has 1 aliphatic rings. The number of carbonyl (C=O) groups excluding carboxylic acids is 1. The molecule has 1 amide bonds. The molecule has 8 heteroatoms. The van der Waals surface area contributed by atoms with E-state index in [1.165, 1.54) is 11.4 Å². The maximum absolute atomic E-state index is 14.9. The number of rotatable bonds is 3. The summed E-state index contributed by atoms with van der Waals surface area (Å²) in [6, 6.07) is 3.29. The fraction of sp³-hybridized carbons (Fsp3) is 0.231. The summed E-state index contributed by atoms with van der Waals surface area (Å²) in [5.74, 6) is -0.266. The standard InChI is InChI=1S/C13H13FN4O2S/c1-17-5-9(15-7-17)8-3-4-10(20-2)13(12(8)14)18-6-11(19)16-21-18/h3-5,7H,6H2,1-2H3,(H,16,19). The highest BCUT2D eigenvalue weighted by Gasteiger charge is 2.28. The number of nitrogens with zero attached hydrogens (tertiary/aromatic N) is 3. The Bertz CT molecular complexity index is 703. The highest BCUT2D eigenvalue weighted by molar-refractivity contribution is 7.99. The van der Waals surface area contributed by atoms with E-state index in [1.54, 1.807) is 29.2 Å². The van der Waals surface area contributed by atoms with Crippen molar-refractivity contribution in [3.8, 4) is 17.0 Å². The molecule has 1 saturated heterocycles. The third-order valence-electron chi connectivity index (χ3n) is 3.09. The van der Waals surface area contributed by atoms with Gasteiger partial charge in [-0.15, -0.1) is 0 Å². The Hall–Kier alpha value is -2.22. The highest BCUT2D eigenvalue weighted by Crippen LogP contribution is 2.40. The van der Waals surface area contributed by atoms with E-state index in [0.717, 1.165) is 12.1 Å². The minimum absolute atomic E-state index is 0.0730. The molecule has 1 N–H and O–H groups in total. The third kappa shape index (κ3) is 2.42. The largest absolute Gasteiger partial charge is 0.494 e. The molecule has 3 rings (SSSR count). The molecule has 0 aliphatic carbocycles. The maximum atomic E-state index is 14.9. The lowest BCUT2D eigenvalue weighted by atomic mass is 10.1. The van der Waals surface area contributed by atoms with Crippen molar-refractivity contribution in [2.24, 2.45) is 7.05 Å². The number of benzene rings is 1. The van der Waals surface area contributed by atoms with Crippen LogP contribution in [0.1, 0.15) is 0 Å². The number of methoxy groups -OCH3 is 1. The van der Waals surface area contributed by atoms with Crippen molar-refractivity contribution in [3.63, 3.8) is 0 Å². The lowest BCUT2D eigenvalue weighted by Crippen LogP contribution is -2.17. The molecule has 2 aromatic rings. The van der Waals surface area contributed by atoms with Crippen LogP contribution >= 0.6 is 12.1 Å². The third-order valence-corrected chi connectivity index (χ3v) is 3.94. The van der Waals surface area contributed by atoms with E-state index in [2.05, 4.69) is 9.71 Å². The quantitative estimate of drug-likeness (QED) is 0.875. The van der Waals surface area contributed by atoms with Crippen molar-refractivity contribution in [3.05, 3.63) is 30.5 Å². The van der Waals surface area contributed by atoms with Gasteiger partial charge in [0.25, 0.3) is 5.91 Å². The Balaban J connectivity index is 2.10. The molecule has 0 saturated carbocycles. The topological polar surface area (TPSA) is 59.4 Å². The Morgan fingerprint density at radius 2 is 2.29 bits per heavy atom. The van der Waals surface area contributed by atoms with Gasteiger partial charge < -0.3 is 9.30 Å². The number of ether oxygens (including phenoxy) is 1. The zero-order valence-electron chi connectivity index (χ0n) is 11.5. The van der Waals surface area contributed by atoms with Crippen molar-refractivity contribution in [2.45, 2.75) is 0 Å². The van der Waals surface area contributed by atoms with Gasteiger partial charge in [0.15, 0.2) is 5.82 Å². The second-order valence-corrected chi connectivity index (χ2v) is 5.38. The van der Waals surface area contributed by atoms with Crippen molar-refractivity contribution >= 4 is 23.7 Å². The van der Waals surface area contributed by atoms with Crippen LogP contribution in [0.15, 0.2) is 24.7 Å². The molecule has 110 valence electrons. The number of nitrogens with one attached hydrogen (secondary N) is 1. The molecule has 1 fully saturated rings. The first kappa shape index (κ1) is 13.7. The van der Waals surface area contributed by atoms with E-state index in [-0.39, 0.29) is 18.1 Å².